The molecule has 0 saturated carbocycles. The number of carboxylic acids is 1. The van der Waals surface area contributed by atoms with Crippen LogP contribution >= 0.6 is 11.8 Å². The van der Waals surface area contributed by atoms with Crippen LogP contribution in [0.1, 0.15) is 18.9 Å². The van der Waals surface area contributed by atoms with Crippen molar-refractivity contribution in [1.82, 2.24) is 0 Å². The van der Waals surface area contributed by atoms with Crippen molar-refractivity contribution < 1.29 is 19.7 Å². The van der Waals surface area contributed by atoms with Crippen LogP contribution in [0.2, 0.25) is 0 Å². The third-order valence-corrected chi connectivity index (χ3v) is 4.07. The molecular formula is C14H20O4S. The van der Waals surface area contributed by atoms with Crippen molar-refractivity contribution in [2.24, 2.45) is 0 Å². The Labute approximate surface area is 117 Å². The number of rotatable bonds is 9. The zero-order chi connectivity index (χ0) is 14.1. The summed E-state index contributed by atoms with van der Waals surface area (Å²) in [6, 6.07) is 9.72. The molecule has 0 fully saturated rings. The lowest BCUT2D eigenvalue weighted by molar-refractivity contribution is -0.136. The fourth-order valence-corrected chi connectivity index (χ4v) is 2.46. The first-order valence-corrected chi connectivity index (χ1v) is 7.32. The highest BCUT2D eigenvalue weighted by Crippen LogP contribution is 2.16. The van der Waals surface area contributed by atoms with Gasteiger partial charge in [0.15, 0.2) is 0 Å². The van der Waals surface area contributed by atoms with Gasteiger partial charge in [-0.05, 0) is 12.0 Å². The molecule has 0 aliphatic carbocycles. The zero-order valence-electron chi connectivity index (χ0n) is 11.0. The largest absolute Gasteiger partial charge is 0.480 e. The second kappa shape index (κ2) is 8.96. The van der Waals surface area contributed by atoms with Crippen molar-refractivity contribution in [3.63, 3.8) is 0 Å². The van der Waals surface area contributed by atoms with Crippen LogP contribution in [-0.2, 0) is 16.1 Å². The Morgan fingerprint density at radius 2 is 2.05 bits per heavy atom. The standard InChI is InChI=1S/C14H20O4S/c1-2-13(14(16)17)19-10-12(15)9-18-8-11-6-4-3-5-7-11/h3-7,12-13,15H,2,8-10H2,1H3,(H,16,17). The van der Waals surface area contributed by atoms with E-state index in [-0.39, 0.29) is 6.61 Å². The number of hydrogen-bond donors (Lipinski definition) is 2. The Hall–Kier alpha value is -1.04. The summed E-state index contributed by atoms with van der Waals surface area (Å²) in [5.41, 5.74) is 1.05. The third-order valence-electron chi connectivity index (χ3n) is 2.56. The molecule has 0 saturated heterocycles. The highest BCUT2D eigenvalue weighted by Gasteiger charge is 2.17. The van der Waals surface area contributed by atoms with E-state index in [1.54, 1.807) is 0 Å². The topological polar surface area (TPSA) is 66.8 Å². The Morgan fingerprint density at radius 3 is 2.63 bits per heavy atom. The number of aliphatic carboxylic acids is 1. The number of hydrogen-bond acceptors (Lipinski definition) is 4. The summed E-state index contributed by atoms with van der Waals surface area (Å²) < 4.78 is 5.40. The summed E-state index contributed by atoms with van der Waals surface area (Å²) in [6.45, 7) is 2.50. The lowest BCUT2D eigenvalue weighted by Gasteiger charge is -2.14. The van der Waals surface area contributed by atoms with E-state index in [9.17, 15) is 9.90 Å². The molecule has 0 radical (unpaired) electrons. The number of benzene rings is 1. The molecule has 2 unspecified atom stereocenters. The van der Waals surface area contributed by atoms with E-state index >= 15 is 0 Å². The van der Waals surface area contributed by atoms with Gasteiger partial charge in [-0.3, -0.25) is 4.79 Å². The van der Waals surface area contributed by atoms with E-state index in [0.29, 0.717) is 18.8 Å². The molecule has 1 rings (SSSR count). The summed E-state index contributed by atoms with van der Waals surface area (Å²) in [5, 5.41) is 18.1. The van der Waals surface area contributed by atoms with Gasteiger partial charge in [0, 0.05) is 5.75 Å². The highest BCUT2D eigenvalue weighted by atomic mass is 32.2. The maximum absolute atomic E-state index is 10.8. The van der Waals surface area contributed by atoms with Gasteiger partial charge in [0.2, 0.25) is 0 Å². The fourth-order valence-electron chi connectivity index (χ4n) is 1.53. The minimum Gasteiger partial charge on any atom is -0.480 e. The number of thioether (sulfide) groups is 1. The van der Waals surface area contributed by atoms with Gasteiger partial charge in [0.1, 0.15) is 5.25 Å². The van der Waals surface area contributed by atoms with E-state index in [0.717, 1.165) is 5.56 Å². The maximum atomic E-state index is 10.8. The summed E-state index contributed by atoms with van der Waals surface area (Å²) in [7, 11) is 0. The molecule has 0 bridgehead atoms. The molecule has 0 aliphatic rings. The molecule has 19 heavy (non-hydrogen) atoms. The van der Waals surface area contributed by atoms with E-state index in [2.05, 4.69) is 0 Å². The lowest BCUT2D eigenvalue weighted by atomic mass is 10.2. The molecule has 1 aromatic carbocycles. The van der Waals surface area contributed by atoms with Crippen LogP contribution in [-0.4, -0.2) is 39.9 Å². The van der Waals surface area contributed by atoms with Gasteiger partial charge in [-0.15, -0.1) is 11.8 Å². The molecule has 106 valence electrons. The van der Waals surface area contributed by atoms with Gasteiger partial charge in [-0.25, -0.2) is 0 Å². The van der Waals surface area contributed by atoms with Gasteiger partial charge in [0.25, 0.3) is 0 Å². The van der Waals surface area contributed by atoms with Crippen LogP contribution in [0.5, 0.6) is 0 Å². The number of aliphatic hydroxyl groups is 1. The van der Waals surface area contributed by atoms with E-state index in [1.807, 2.05) is 37.3 Å². The van der Waals surface area contributed by atoms with Crippen molar-refractivity contribution in [3.8, 4) is 0 Å². The fraction of sp³-hybridized carbons (Fsp3) is 0.500. The van der Waals surface area contributed by atoms with Gasteiger partial charge in [0.05, 0.1) is 19.3 Å². The minimum atomic E-state index is -0.829. The molecule has 4 nitrogen and oxygen atoms in total. The summed E-state index contributed by atoms with van der Waals surface area (Å²) >= 11 is 1.25. The van der Waals surface area contributed by atoms with Crippen LogP contribution in [0.15, 0.2) is 30.3 Å². The average Bonchev–Trinajstić information content (AvgIpc) is 2.40. The van der Waals surface area contributed by atoms with Crippen molar-refractivity contribution in [3.05, 3.63) is 35.9 Å². The van der Waals surface area contributed by atoms with E-state index < -0.39 is 17.3 Å². The minimum absolute atomic E-state index is 0.220. The van der Waals surface area contributed by atoms with Crippen molar-refractivity contribution in [1.29, 1.82) is 0 Å². The molecule has 2 atom stereocenters. The maximum Gasteiger partial charge on any atom is 0.316 e. The second-order valence-electron chi connectivity index (χ2n) is 4.22. The Morgan fingerprint density at radius 1 is 1.37 bits per heavy atom. The Balaban J connectivity index is 2.17. The quantitative estimate of drug-likeness (QED) is 0.727. The van der Waals surface area contributed by atoms with Gasteiger partial charge in [-0.2, -0.15) is 0 Å². The molecule has 0 aromatic heterocycles. The van der Waals surface area contributed by atoms with Crippen molar-refractivity contribution >= 4 is 17.7 Å². The lowest BCUT2D eigenvalue weighted by Crippen LogP contribution is -2.22. The first-order valence-electron chi connectivity index (χ1n) is 6.27. The van der Waals surface area contributed by atoms with Crippen molar-refractivity contribution in [2.75, 3.05) is 12.4 Å². The number of ether oxygens (including phenoxy) is 1. The molecule has 5 heteroatoms. The number of aliphatic hydroxyl groups excluding tert-OH is 1. The third kappa shape index (κ3) is 6.61. The average molecular weight is 284 g/mol. The first-order chi connectivity index (χ1) is 9.13. The summed E-state index contributed by atoms with van der Waals surface area (Å²) in [6.07, 6.45) is -0.0838. The normalized spacial score (nSPS) is 14.0. The van der Waals surface area contributed by atoms with Crippen LogP contribution < -0.4 is 0 Å². The van der Waals surface area contributed by atoms with E-state index in [4.69, 9.17) is 9.84 Å². The molecular weight excluding hydrogens is 264 g/mol. The smallest absolute Gasteiger partial charge is 0.316 e. The molecule has 0 amide bonds. The Bertz CT molecular complexity index is 369. The predicted molar refractivity (Wildman–Crippen MR) is 76.3 cm³/mol. The molecule has 0 heterocycles. The number of carbonyl (C=O) groups is 1. The van der Waals surface area contributed by atoms with Crippen LogP contribution in [0.3, 0.4) is 0 Å². The van der Waals surface area contributed by atoms with Crippen LogP contribution in [0, 0.1) is 0 Å². The predicted octanol–water partition coefficient (Wildman–Crippen LogP) is 2.16. The molecule has 1 aromatic rings. The molecule has 0 aliphatic heterocycles. The van der Waals surface area contributed by atoms with Gasteiger partial charge < -0.3 is 14.9 Å². The SMILES string of the molecule is CCC(SCC(O)COCc1ccccc1)C(=O)O. The molecule has 2 N–H and O–H groups in total. The van der Waals surface area contributed by atoms with Crippen molar-refractivity contribution in [2.45, 2.75) is 31.3 Å². The van der Waals surface area contributed by atoms with Crippen LogP contribution in [0.4, 0.5) is 0 Å². The molecule has 0 spiro atoms. The first kappa shape index (κ1) is 16.0. The summed E-state index contributed by atoms with van der Waals surface area (Å²) in [4.78, 5) is 10.8. The Kier molecular flexibility index (Phi) is 7.55. The van der Waals surface area contributed by atoms with Crippen LogP contribution in [0.25, 0.3) is 0 Å². The van der Waals surface area contributed by atoms with E-state index in [1.165, 1.54) is 11.8 Å². The summed E-state index contributed by atoms with van der Waals surface area (Å²) in [5.74, 6) is -0.454. The monoisotopic (exact) mass is 284 g/mol. The highest BCUT2D eigenvalue weighted by molar-refractivity contribution is 8.00. The van der Waals surface area contributed by atoms with Gasteiger partial charge >= 0.3 is 5.97 Å². The second-order valence-corrected chi connectivity index (χ2v) is 5.46. The number of carboxylic acid groups (broad SMARTS) is 1. The van der Waals surface area contributed by atoms with Gasteiger partial charge in [-0.1, -0.05) is 37.3 Å². The zero-order valence-corrected chi connectivity index (χ0v) is 11.8.